The smallest absolute Gasteiger partial charge is 0.343 e. The van der Waals surface area contributed by atoms with Gasteiger partial charge in [0.1, 0.15) is 5.75 Å². The minimum atomic E-state index is -1.33. The summed E-state index contributed by atoms with van der Waals surface area (Å²) in [4.78, 5) is 11.8. The van der Waals surface area contributed by atoms with Gasteiger partial charge in [-0.15, -0.1) is 0 Å². The van der Waals surface area contributed by atoms with Crippen molar-refractivity contribution in [3.05, 3.63) is 30.3 Å². The second-order valence-corrected chi connectivity index (χ2v) is 3.98. The van der Waals surface area contributed by atoms with Gasteiger partial charge in [0.2, 0.25) is 0 Å². The third kappa shape index (κ3) is 2.40. The quantitative estimate of drug-likeness (QED) is 0.570. The highest BCUT2D eigenvalue weighted by atomic mass is 16.6. The van der Waals surface area contributed by atoms with E-state index in [1.165, 1.54) is 0 Å². The van der Waals surface area contributed by atoms with Crippen LogP contribution in [0.3, 0.4) is 0 Å². The molecule has 2 N–H and O–H groups in total. The van der Waals surface area contributed by atoms with E-state index in [9.17, 15) is 9.90 Å². The molecule has 4 nitrogen and oxygen atoms in total. The summed E-state index contributed by atoms with van der Waals surface area (Å²) in [6.07, 6.45) is 0.803. The third-order valence-corrected chi connectivity index (χ3v) is 2.76. The van der Waals surface area contributed by atoms with Crippen molar-refractivity contribution in [2.75, 3.05) is 13.1 Å². The number of ether oxygens (including phenoxy) is 1. The largest absolute Gasteiger partial charge is 0.424 e. The van der Waals surface area contributed by atoms with Crippen LogP contribution in [0.5, 0.6) is 5.75 Å². The highest BCUT2D eigenvalue weighted by molar-refractivity contribution is 5.81. The zero-order valence-corrected chi connectivity index (χ0v) is 8.98. The fraction of sp³-hybridized carbons (Fsp3) is 0.417. The van der Waals surface area contributed by atoms with Gasteiger partial charge in [0.15, 0.2) is 5.60 Å². The van der Waals surface area contributed by atoms with E-state index in [1.807, 2.05) is 6.07 Å². The number of carbonyl (C=O) groups is 1. The number of benzene rings is 1. The van der Waals surface area contributed by atoms with Crippen molar-refractivity contribution in [2.45, 2.75) is 18.4 Å². The van der Waals surface area contributed by atoms with Gasteiger partial charge in [0.05, 0.1) is 0 Å². The summed E-state index contributed by atoms with van der Waals surface area (Å²) in [5, 5.41) is 13.2. The summed E-state index contributed by atoms with van der Waals surface area (Å²) in [7, 11) is 0. The summed E-state index contributed by atoms with van der Waals surface area (Å²) in [5.74, 6) is -0.0837. The molecular weight excluding hydrogens is 206 g/mol. The number of rotatable bonds is 2. The Balaban J connectivity index is 2.02. The third-order valence-electron chi connectivity index (χ3n) is 2.76. The standard InChI is InChI=1S/C12H15NO3/c14-11(12(15)6-8-13-9-7-12)16-10-4-2-1-3-5-10/h1-5,13,15H,6-9H2. The molecule has 1 aliphatic heterocycles. The van der Waals surface area contributed by atoms with Gasteiger partial charge in [-0.1, -0.05) is 18.2 Å². The van der Waals surface area contributed by atoms with Crippen molar-refractivity contribution in [1.29, 1.82) is 0 Å². The highest BCUT2D eigenvalue weighted by Gasteiger charge is 2.39. The van der Waals surface area contributed by atoms with E-state index in [0.717, 1.165) is 0 Å². The van der Waals surface area contributed by atoms with Crippen LogP contribution in [-0.4, -0.2) is 29.8 Å². The van der Waals surface area contributed by atoms with Crippen molar-refractivity contribution >= 4 is 5.97 Å². The van der Waals surface area contributed by atoms with Crippen LogP contribution in [0, 0.1) is 0 Å². The zero-order valence-electron chi connectivity index (χ0n) is 8.98. The fourth-order valence-electron chi connectivity index (χ4n) is 1.74. The van der Waals surface area contributed by atoms with Crippen molar-refractivity contribution in [3.8, 4) is 5.75 Å². The molecule has 86 valence electrons. The molecule has 0 aliphatic carbocycles. The molecule has 1 fully saturated rings. The predicted octanol–water partition coefficient (Wildman–Crippen LogP) is 0.706. The van der Waals surface area contributed by atoms with E-state index in [-0.39, 0.29) is 0 Å². The molecule has 1 aliphatic rings. The average Bonchev–Trinajstić information content (AvgIpc) is 2.31. The monoisotopic (exact) mass is 221 g/mol. The minimum absolute atomic E-state index is 0.401. The number of carbonyl (C=O) groups excluding carboxylic acids is 1. The SMILES string of the molecule is O=C(Oc1ccccc1)C1(O)CCNCC1. The molecule has 0 unspecified atom stereocenters. The Labute approximate surface area is 94.2 Å². The van der Waals surface area contributed by atoms with Crippen LogP contribution < -0.4 is 10.1 Å². The van der Waals surface area contributed by atoms with E-state index in [1.54, 1.807) is 24.3 Å². The summed E-state index contributed by atoms with van der Waals surface area (Å²) in [6, 6.07) is 8.81. The van der Waals surface area contributed by atoms with Gasteiger partial charge in [-0.05, 0) is 38.1 Å². The Morgan fingerprint density at radius 2 is 1.88 bits per heavy atom. The molecule has 0 amide bonds. The number of piperidine rings is 1. The second kappa shape index (κ2) is 4.63. The van der Waals surface area contributed by atoms with Gasteiger partial charge in [-0.25, -0.2) is 4.79 Å². The molecule has 1 heterocycles. The van der Waals surface area contributed by atoms with Gasteiger partial charge < -0.3 is 15.2 Å². The van der Waals surface area contributed by atoms with Crippen LogP contribution in [0.25, 0.3) is 0 Å². The maximum absolute atomic E-state index is 11.8. The van der Waals surface area contributed by atoms with E-state index >= 15 is 0 Å². The van der Waals surface area contributed by atoms with Crippen molar-refractivity contribution in [2.24, 2.45) is 0 Å². The first kappa shape index (κ1) is 11.1. The molecule has 0 saturated carbocycles. The molecule has 0 aromatic heterocycles. The summed E-state index contributed by atoms with van der Waals surface area (Å²) >= 11 is 0. The number of esters is 1. The van der Waals surface area contributed by atoms with Crippen LogP contribution >= 0.6 is 0 Å². The topological polar surface area (TPSA) is 58.6 Å². The van der Waals surface area contributed by atoms with Crippen LogP contribution in [0.4, 0.5) is 0 Å². The lowest BCUT2D eigenvalue weighted by molar-refractivity contribution is -0.157. The van der Waals surface area contributed by atoms with Gasteiger partial charge in [-0.2, -0.15) is 0 Å². The molecule has 0 bridgehead atoms. The van der Waals surface area contributed by atoms with Gasteiger partial charge >= 0.3 is 5.97 Å². The van der Waals surface area contributed by atoms with E-state index in [0.29, 0.717) is 31.7 Å². The first-order chi connectivity index (χ1) is 7.71. The van der Waals surface area contributed by atoms with Crippen LogP contribution in [0.2, 0.25) is 0 Å². The number of hydrogen-bond acceptors (Lipinski definition) is 4. The van der Waals surface area contributed by atoms with E-state index < -0.39 is 11.6 Å². The first-order valence-electron chi connectivity index (χ1n) is 5.41. The number of para-hydroxylation sites is 1. The van der Waals surface area contributed by atoms with E-state index in [2.05, 4.69) is 5.32 Å². The Morgan fingerprint density at radius 3 is 2.50 bits per heavy atom. The molecule has 2 rings (SSSR count). The van der Waals surface area contributed by atoms with Gasteiger partial charge in [0, 0.05) is 0 Å². The number of hydrogen-bond donors (Lipinski definition) is 2. The molecule has 16 heavy (non-hydrogen) atoms. The summed E-state index contributed by atoms with van der Waals surface area (Å²) < 4.78 is 5.14. The second-order valence-electron chi connectivity index (χ2n) is 3.98. The molecule has 0 spiro atoms. The van der Waals surface area contributed by atoms with Gasteiger partial charge in [-0.3, -0.25) is 0 Å². The van der Waals surface area contributed by atoms with Crippen LogP contribution in [0.1, 0.15) is 12.8 Å². The van der Waals surface area contributed by atoms with Crippen molar-refractivity contribution in [1.82, 2.24) is 5.32 Å². The van der Waals surface area contributed by atoms with E-state index in [4.69, 9.17) is 4.74 Å². The molecule has 4 heteroatoms. The lowest BCUT2D eigenvalue weighted by Crippen LogP contribution is -2.49. The lowest BCUT2D eigenvalue weighted by Gasteiger charge is -2.29. The van der Waals surface area contributed by atoms with Crippen LogP contribution in [-0.2, 0) is 4.79 Å². The Morgan fingerprint density at radius 1 is 1.25 bits per heavy atom. The van der Waals surface area contributed by atoms with Crippen molar-refractivity contribution < 1.29 is 14.6 Å². The molecule has 1 aromatic carbocycles. The lowest BCUT2D eigenvalue weighted by atomic mass is 9.93. The predicted molar refractivity (Wildman–Crippen MR) is 59.1 cm³/mol. The molecule has 0 atom stereocenters. The Bertz CT molecular complexity index is 358. The fourth-order valence-corrected chi connectivity index (χ4v) is 1.74. The Hall–Kier alpha value is -1.39. The van der Waals surface area contributed by atoms with Crippen LogP contribution in [0.15, 0.2) is 30.3 Å². The number of nitrogens with one attached hydrogen (secondary N) is 1. The molecule has 1 aromatic rings. The van der Waals surface area contributed by atoms with Gasteiger partial charge in [0.25, 0.3) is 0 Å². The summed E-state index contributed by atoms with van der Waals surface area (Å²) in [5.41, 5.74) is -1.33. The Kier molecular flexibility index (Phi) is 3.22. The number of aliphatic hydroxyl groups is 1. The minimum Gasteiger partial charge on any atom is -0.424 e. The highest BCUT2D eigenvalue weighted by Crippen LogP contribution is 2.21. The maximum Gasteiger partial charge on any atom is 0.343 e. The first-order valence-corrected chi connectivity index (χ1v) is 5.41. The maximum atomic E-state index is 11.8. The zero-order chi connectivity index (χ0) is 11.4. The molecule has 1 saturated heterocycles. The molecular formula is C12H15NO3. The normalized spacial score (nSPS) is 19.1. The van der Waals surface area contributed by atoms with Crippen molar-refractivity contribution in [3.63, 3.8) is 0 Å². The molecule has 0 radical (unpaired) electrons. The average molecular weight is 221 g/mol. The summed E-state index contributed by atoms with van der Waals surface area (Å²) in [6.45, 7) is 1.28.